The minimum absolute atomic E-state index is 0.106. The van der Waals surface area contributed by atoms with Gasteiger partial charge in [0, 0.05) is 19.5 Å². The number of fused-ring (bicyclic) bond motifs is 1. The molecular weight excluding hydrogens is 388 g/mol. The fourth-order valence-electron chi connectivity index (χ4n) is 4.22. The number of benzene rings is 1. The van der Waals surface area contributed by atoms with E-state index >= 15 is 0 Å². The van der Waals surface area contributed by atoms with Crippen molar-refractivity contribution in [2.45, 2.75) is 44.4 Å². The smallest absolute Gasteiger partial charge is 0.262 e. The Morgan fingerprint density at radius 3 is 2.63 bits per heavy atom. The fourth-order valence-corrected chi connectivity index (χ4v) is 4.22. The third-order valence-electron chi connectivity index (χ3n) is 5.79. The monoisotopic (exact) mass is 414 g/mol. The Bertz CT molecular complexity index is 865. The molecule has 0 aliphatic carbocycles. The number of imide groups is 2. The zero-order valence-electron chi connectivity index (χ0n) is 16.7. The largest absolute Gasteiger partial charge is 0.377 e. The van der Waals surface area contributed by atoms with Crippen LogP contribution in [0.2, 0.25) is 0 Å². The quantitative estimate of drug-likeness (QED) is 0.423. The SMILES string of the molecule is O=C1CCC(N2C(=O)c3cccc(CNCCOC4CCNCC4)c3C2=O)C(=O)N1. The number of hydrogen-bond donors (Lipinski definition) is 3. The molecule has 2 fully saturated rings. The molecule has 1 aromatic rings. The fraction of sp³-hybridized carbons (Fsp3) is 0.524. The van der Waals surface area contributed by atoms with Crippen LogP contribution in [-0.4, -0.2) is 66.9 Å². The van der Waals surface area contributed by atoms with Crippen LogP contribution < -0.4 is 16.0 Å². The second-order valence-corrected chi connectivity index (χ2v) is 7.78. The van der Waals surface area contributed by atoms with Gasteiger partial charge in [-0.2, -0.15) is 0 Å². The van der Waals surface area contributed by atoms with Gasteiger partial charge in [-0.25, -0.2) is 0 Å². The summed E-state index contributed by atoms with van der Waals surface area (Å²) in [6.07, 6.45) is 2.57. The molecule has 3 aliphatic heterocycles. The van der Waals surface area contributed by atoms with E-state index in [2.05, 4.69) is 16.0 Å². The molecule has 9 nitrogen and oxygen atoms in total. The predicted octanol–water partition coefficient (Wildman–Crippen LogP) is -0.0540. The van der Waals surface area contributed by atoms with E-state index in [1.54, 1.807) is 18.2 Å². The van der Waals surface area contributed by atoms with Crippen LogP contribution in [0.5, 0.6) is 0 Å². The van der Waals surface area contributed by atoms with Gasteiger partial charge in [-0.15, -0.1) is 0 Å². The zero-order chi connectivity index (χ0) is 21.1. The third-order valence-corrected chi connectivity index (χ3v) is 5.79. The average molecular weight is 414 g/mol. The summed E-state index contributed by atoms with van der Waals surface area (Å²) in [5, 5.41) is 8.78. The molecule has 1 atom stereocenters. The molecule has 3 heterocycles. The van der Waals surface area contributed by atoms with Gasteiger partial charge >= 0.3 is 0 Å². The lowest BCUT2D eigenvalue weighted by atomic mass is 10.0. The number of ether oxygens (including phenoxy) is 1. The van der Waals surface area contributed by atoms with E-state index < -0.39 is 23.8 Å². The molecule has 160 valence electrons. The summed E-state index contributed by atoms with van der Waals surface area (Å²) in [7, 11) is 0. The molecule has 0 spiro atoms. The van der Waals surface area contributed by atoms with Crippen molar-refractivity contribution < 1.29 is 23.9 Å². The van der Waals surface area contributed by atoms with Crippen molar-refractivity contribution in [1.82, 2.24) is 20.9 Å². The number of nitrogens with zero attached hydrogens (tertiary/aromatic N) is 1. The van der Waals surface area contributed by atoms with Crippen molar-refractivity contribution >= 4 is 23.6 Å². The first kappa shape index (κ1) is 20.6. The maximum absolute atomic E-state index is 13.0. The number of rotatable bonds is 7. The molecule has 4 amide bonds. The highest BCUT2D eigenvalue weighted by Gasteiger charge is 2.45. The summed E-state index contributed by atoms with van der Waals surface area (Å²) in [5.74, 6) is -1.95. The van der Waals surface area contributed by atoms with Crippen molar-refractivity contribution in [2.24, 2.45) is 0 Å². The van der Waals surface area contributed by atoms with Gasteiger partial charge in [-0.3, -0.25) is 29.4 Å². The highest BCUT2D eigenvalue weighted by atomic mass is 16.5. The molecule has 1 aromatic carbocycles. The number of carbonyl (C=O) groups excluding carboxylic acids is 4. The van der Waals surface area contributed by atoms with Gasteiger partial charge in [0.05, 0.1) is 23.8 Å². The highest BCUT2D eigenvalue weighted by molar-refractivity contribution is 6.24. The summed E-state index contributed by atoms with van der Waals surface area (Å²) in [5.41, 5.74) is 1.34. The lowest BCUT2D eigenvalue weighted by Gasteiger charge is -2.27. The van der Waals surface area contributed by atoms with E-state index in [0.29, 0.717) is 36.4 Å². The summed E-state index contributed by atoms with van der Waals surface area (Å²) in [6.45, 7) is 3.59. The first-order valence-electron chi connectivity index (χ1n) is 10.4. The molecule has 0 aromatic heterocycles. The Balaban J connectivity index is 1.38. The van der Waals surface area contributed by atoms with E-state index in [9.17, 15) is 19.2 Å². The molecule has 0 bridgehead atoms. The van der Waals surface area contributed by atoms with Crippen LogP contribution in [0.15, 0.2) is 18.2 Å². The summed E-state index contributed by atoms with van der Waals surface area (Å²) in [4.78, 5) is 50.4. The lowest BCUT2D eigenvalue weighted by Crippen LogP contribution is -2.54. The first-order valence-corrected chi connectivity index (χ1v) is 10.4. The van der Waals surface area contributed by atoms with Crippen LogP contribution >= 0.6 is 0 Å². The Kier molecular flexibility index (Phi) is 6.21. The van der Waals surface area contributed by atoms with Gasteiger partial charge in [0.15, 0.2) is 0 Å². The minimum atomic E-state index is -0.950. The topological polar surface area (TPSA) is 117 Å². The maximum atomic E-state index is 13.0. The van der Waals surface area contributed by atoms with E-state index in [0.717, 1.165) is 30.8 Å². The molecule has 0 saturated carbocycles. The Hall–Kier alpha value is -2.62. The molecule has 1 unspecified atom stereocenters. The van der Waals surface area contributed by atoms with Crippen molar-refractivity contribution in [3.05, 3.63) is 34.9 Å². The van der Waals surface area contributed by atoms with Crippen LogP contribution in [-0.2, 0) is 20.9 Å². The second kappa shape index (κ2) is 9.03. The standard InChI is InChI=1S/C21H26N4O5/c26-17-5-4-16(19(27)24-17)25-20(28)15-3-1-2-13(18(15)21(25)29)12-23-10-11-30-14-6-8-22-9-7-14/h1-3,14,16,22-23H,4-12H2,(H,24,26,27). The first-order chi connectivity index (χ1) is 14.6. The second-order valence-electron chi connectivity index (χ2n) is 7.78. The Morgan fingerprint density at radius 2 is 1.87 bits per heavy atom. The molecule has 3 N–H and O–H groups in total. The summed E-state index contributed by atoms with van der Waals surface area (Å²) < 4.78 is 5.86. The third kappa shape index (κ3) is 4.14. The van der Waals surface area contributed by atoms with Crippen LogP contribution in [0, 0.1) is 0 Å². The van der Waals surface area contributed by atoms with Crippen LogP contribution in [0.25, 0.3) is 0 Å². The summed E-state index contributed by atoms with van der Waals surface area (Å²) >= 11 is 0. The van der Waals surface area contributed by atoms with Gasteiger partial charge < -0.3 is 15.4 Å². The molecule has 3 aliphatic rings. The van der Waals surface area contributed by atoms with E-state index in [1.165, 1.54) is 0 Å². The molecule has 9 heteroatoms. The van der Waals surface area contributed by atoms with Crippen molar-refractivity contribution in [3.63, 3.8) is 0 Å². The van der Waals surface area contributed by atoms with Gasteiger partial charge in [0.1, 0.15) is 6.04 Å². The molecule has 30 heavy (non-hydrogen) atoms. The maximum Gasteiger partial charge on any atom is 0.262 e. The Morgan fingerprint density at radius 1 is 1.07 bits per heavy atom. The highest BCUT2D eigenvalue weighted by Crippen LogP contribution is 2.29. The van der Waals surface area contributed by atoms with E-state index in [1.807, 2.05) is 0 Å². The van der Waals surface area contributed by atoms with Crippen LogP contribution in [0.4, 0.5) is 0 Å². The predicted molar refractivity (Wildman–Crippen MR) is 107 cm³/mol. The van der Waals surface area contributed by atoms with Gasteiger partial charge in [-0.05, 0) is 44.0 Å². The zero-order valence-corrected chi connectivity index (χ0v) is 16.7. The number of nitrogens with one attached hydrogen (secondary N) is 3. The molecule has 0 radical (unpaired) electrons. The normalized spacial score (nSPS) is 22.4. The number of carbonyl (C=O) groups is 4. The van der Waals surface area contributed by atoms with E-state index in [4.69, 9.17) is 4.74 Å². The van der Waals surface area contributed by atoms with Crippen molar-refractivity contribution in [2.75, 3.05) is 26.2 Å². The molecular formula is C21H26N4O5. The van der Waals surface area contributed by atoms with Crippen molar-refractivity contribution in [1.29, 1.82) is 0 Å². The lowest BCUT2D eigenvalue weighted by molar-refractivity contribution is -0.136. The van der Waals surface area contributed by atoms with Gasteiger partial charge in [-0.1, -0.05) is 12.1 Å². The summed E-state index contributed by atoms with van der Waals surface area (Å²) in [6, 6.07) is 4.19. The average Bonchev–Trinajstić information content (AvgIpc) is 3.00. The number of amides is 4. The van der Waals surface area contributed by atoms with E-state index in [-0.39, 0.29) is 24.9 Å². The van der Waals surface area contributed by atoms with Gasteiger partial charge in [0.2, 0.25) is 11.8 Å². The van der Waals surface area contributed by atoms with Crippen LogP contribution in [0.1, 0.15) is 52.0 Å². The number of piperidine rings is 2. The Labute approximate surface area is 174 Å². The molecule has 2 saturated heterocycles. The molecule has 4 rings (SSSR count). The van der Waals surface area contributed by atoms with Gasteiger partial charge in [0.25, 0.3) is 11.8 Å². The minimum Gasteiger partial charge on any atom is -0.377 e. The number of hydrogen-bond acceptors (Lipinski definition) is 7. The van der Waals surface area contributed by atoms with Crippen molar-refractivity contribution in [3.8, 4) is 0 Å². The van der Waals surface area contributed by atoms with Crippen LogP contribution in [0.3, 0.4) is 0 Å².